The summed E-state index contributed by atoms with van der Waals surface area (Å²) in [5, 5.41) is 23.2. The number of nitrogens with one attached hydrogen (secondary N) is 3. The van der Waals surface area contributed by atoms with Crippen LogP contribution < -0.4 is 16.1 Å². The van der Waals surface area contributed by atoms with Crippen molar-refractivity contribution in [3.63, 3.8) is 0 Å². The number of hydrogen-bond acceptors (Lipinski definition) is 5. The highest BCUT2D eigenvalue weighted by molar-refractivity contribution is 5.97. The van der Waals surface area contributed by atoms with E-state index >= 15 is 0 Å². The first-order valence-corrected chi connectivity index (χ1v) is 8.22. The molecule has 1 saturated heterocycles. The van der Waals surface area contributed by atoms with Gasteiger partial charge in [0.25, 0.3) is 11.8 Å². The third-order valence-corrected chi connectivity index (χ3v) is 3.83. The molecule has 0 aliphatic carbocycles. The summed E-state index contributed by atoms with van der Waals surface area (Å²) in [7, 11) is 0. The van der Waals surface area contributed by atoms with Crippen molar-refractivity contribution >= 4 is 17.7 Å². The summed E-state index contributed by atoms with van der Waals surface area (Å²) in [6, 6.07) is 4.99. The van der Waals surface area contributed by atoms with Gasteiger partial charge in [-0.05, 0) is 43.0 Å². The van der Waals surface area contributed by atoms with Gasteiger partial charge < -0.3 is 15.7 Å². The van der Waals surface area contributed by atoms with Gasteiger partial charge in [0.05, 0.1) is 6.10 Å². The largest absolute Gasteiger partial charge is 0.391 e. The van der Waals surface area contributed by atoms with Crippen LogP contribution in [0.5, 0.6) is 0 Å². The van der Waals surface area contributed by atoms with E-state index in [0.717, 1.165) is 0 Å². The summed E-state index contributed by atoms with van der Waals surface area (Å²) in [6.45, 7) is 1.86. The van der Waals surface area contributed by atoms with Crippen LogP contribution in [-0.4, -0.2) is 46.7 Å². The first-order chi connectivity index (χ1) is 12.9. The molecule has 140 valence electrons. The SMILES string of the molecule is C[C@@H](O)[C@H](NC(=O)c1ccc(C#CC#CC2CNC(=O)C2)cc1)C(=O)NO. The summed E-state index contributed by atoms with van der Waals surface area (Å²) >= 11 is 0. The van der Waals surface area contributed by atoms with Gasteiger partial charge in [0.15, 0.2) is 0 Å². The van der Waals surface area contributed by atoms with Crippen molar-refractivity contribution in [2.24, 2.45) is 5.92 Å². The van der Waals surface area contributed by atoms with E-state index in [9.17, 15) is 19.5 Å². The predicted molar refractivity (Wildman–Crippen MR) is 95.1 cm³/mol. The molecule has 0 spiro atoms. The van der Waals surface area contributed by atoms with Crippen LogP contribution in [0.4, 0.5) is 0 Å². The summed E-state index contributed by atoms with van der Waals surface area (Å²) in [5.41, 5.74) is 2.30. The van der Waals surface area contributed by atoms with Crippen LogP contribution in [0.15, 0.2) is 24.3 Å². The fourth-order valence-electron chi connectivity index (χ4n) is 2.35. The molecule has 0 bridgehead atoms. The average molecular weight is 369 g/mol. The molecule has 0 aromatic heterocycles. The Balaban J connectivity index is 1.97. The molecule has 1 aromatic rings. The van der Waals surface area contributed by atoms with E-state index in [1.165, 1.54) is 24.5 Å². The Morgan fingerprint density at radius 1 is 1.26 bits per heavy atom. The highest BCUT2D eigenvalue weighted by Crippen LogP contribution is 2.07. The lowest BCUT2D eigenvalue weighted by atomic mass is 10.1. The van der Waals surface area contributed by atoms with E-state index < -0.39 is 24.0 Å². The van der Waals surface area contributed by atoms with Crippen LogP contribution in [-0.2, 0) is 9.59 Å². The zero-order valence-corrected chi connectivity index (χ0v) is 14.6. The number of hydroxylamine groups is 1. The monoisotopic (exact) mass is 369 g/mol. The number of aliphatic hydroxyl groups excluding tert-OH is 1. The molecule has 27 heavy (non-hydrogen) atoms. The Bertz CT molecular complexity index is 840. The highest BCUT2D eigenvalue weighted by Gasteiger charge is 2.25. The molecule has 1 aliphatic rings. The smallest absolute Gasteiger partial charge is 0.268 e. The second-order valence-electron chi connectivity index (χ2n) is 5.97. The van der Waals surface area contributed by atoms with Crippen LogP contribution in [0, 0.1) is 29.6 Å². The van der Waals surface area contributed by atoms with E-state index in [4.69, 9.17) is 5.21 Å². The van der Waals surface area contributed by atoms with E-state index in [1.54, 1.807) is 12.1 Å². The van der Waals surface area contributed by atoms with E-state index in [2.05, 4.69) is 34.3 Å². The number of carbonyl (C=O) groups excluding carboxylic acids is 3. The summed E-state index contributed by atoms with van der Waals surface area (Å²) < 4.78 is 0. The van der Waals surface area contributed by atoms with Crippen LogP contribution in [0.25, 0.3) is 0 Å². The molecular formula is C19H19N3O5. The van der Waals surface area contributed by atoms with Crippen LogP contribution in [0.2, 0.25) is 0 Å². The first kappa shape index (κ1) is 20.0. The van der Waals surface area contributed by atoms with Gasteiger partial charge in [0.2, 0.25) is 5.91 Å². The normalized spacial score (nSPS) is 17.3. The quantitative estimate of drug-likeness (QED) is 0.269. The third-order valence-electron chi connectivity index (χ3n) is 3.83. The van der Waals surface area contributed by atoms with Crippen LogP contribution >= 0.6 is 0 Å². The Kier molecular flexibility index (Phi) is 6.95. The number of carbonyl (C=O) groups is 3. The van der Waals surface area contributed by atoms with Gasteiger partial charge in [0, 0.05) is 30.0 Å². The van der Waals surface area contributed by atoms with Gasteiger partial charge in [-0.25, -0.2) is 5.48 Å². The molecule has 0 radical (unpaired) electrons. The molecule has 8 nitrogen and oxygen atoms in total. The van der Waals surface area contributed by atoms with Crippen molar-refractivity contribution in [1.29, 1.82) is 0 Å². The molecule has 5 N–H and O–H groups in total. The van der Waals surface area contributed by atoms with E-state index in [0.29, 0.717) is 18.5 Å². The van der Waals surface area contributed by atoms with Crippen molar-refractivity contribution in [2.45, 2.75) is 25.5 Å². The Morgan fingerprint density at radius 2 is 1.96 bits per heavy atom. The minimum Gasteiger partial charge on any atom is -0.391 e. The molecule has 1 fully saturated rings. The molecule has 1 unspecified atom stereocenters. The van der Waals surface area contributed by atoms with E-state index in [1.807, 2.05) is 0 Å². The summed E-state index contributed by atoms with van der Waals surface area (Å²) in [5.74, 6) is 9.63. The maximum Gasteiger partial charge on any atom is 0.268 e. The molecule has 1 aromatic carbocycles. The van der Waals surface area contributed by atoms with Crippen molar-refractivity contribution < 1.29 is 24.7 Å². The van der Waals surface area contributed by atoms with Crippen LogP contribution in [0.3, 0.4) is 0 Å². The second-order valence-corrected chi connectivity index (χ2v) is 5.97. The van der Waals surface area contributed by atoms with Crippen LogP contribution in [0.1, 0.15) is 29.3 Å². The maximum absolute atomic E-state index is 12.1. The Hall–Kier alpha value is -3.33. The van der Waals surface area contributed by atoms with E-state index in [-0.39, 0.29) is 17.4 Å². The van der Waals surface area contributed by atoms with Crippen molar-refractivity contribution in [3.8, 4) is 23.7 Å². The lowest BCUT2D eigenvalue weighted by molar-refractivity contribution is -0.133. The second kappa shape index (κ2) is 9.39. The molecule has 3 atom stereocenters. The fraction of sp³-hybridized carbons (Fsp3) is 0.316. The van der Waals surface area contributed by atoms with Gasteiger partial charge in [0.1, 0.15) is 6.04 Å². The number of benzene rings is 1. The van der Waals surface area contributed by atoms with Crippen molar-refractivity contribution in [3.05, 3.63) is 35.4 Å². The molecule has 1 heterocycles. The Morgan fingerprint density at radius 3 is 2.52 bits per heavy atom. The minimum absolute atomic E-state index is 0.00887. The zero-order valence-electron chi connectivity index (χ0n) is 14.6. The number of aliphatic hydroxyl groups is 1. The standard InChI is InChI=1S/C19H19N3O5/c1-12(23)17(19(26)22-27)21-18(25)15-8-6-13(7-9-15)4-2-3-5-14-10-16(24)20-11-14/h6-9,12,14,17,23,27H,10-11H2,1H3,(H,20,24)(H,21,25)(H,22,26)/t12-,14?,17+/m1/s1. The lowest BCUT2D eigenvalue weighted by Crippen LogP contribution is -2.51. The van der Waals surface area contributed by atoms with Crippen molar-refractivity contribution in [1.82, 2.24) is 16.1 Å². The summed E-state index contributed by atoms with van der Waals surface area (Å²) in [4.78, 5) is 34.7. The molecule has 1 aliphatic heterocycles. The number of amides is 3. The van der Waals surface area contributed by atoms with Gasteiger partial charge in [-0.1, -0.05) is 11.8 Å². The average Bonchev–Trinajstić information content (AvgIpc) is 3.08. The van der Waals surface area contributed by atoms with Gasteiger partial charge >= 0.3 is 0 Å². The van der Waals surface area contributed by atoms with Gasteiger partial charge in [-0.2, -0.15) is 0 Å². The molecule has 0 saturated carbocycles. The fourth-order valence-corrected chi connectivity index (χ4v) is 2.35. The van der Waals surface area contributed by atoms with Crippen molar-refractivity contribution in [2.75, 3.05) is 6.54 Å². The summed E-state index contributed by atoms with van der Waals surface area (Å²) in [6.07, 6.45) is -0.796. The first-order valence-electron chi connectivity index (χ1n) is 8.22. The molecule has 2 rings (SSSR count). The maximum atomic E-state index is 12.1. The molecule has 8 heteroatoms. The third kappa shape index (κ3) is 5.86. The van der Waals surface area contributed by atoms with Gasteiger partial charge in [-0.3, -0.25) is 19.6 Å². The highest BCUT2D eigenvalue weighted by atomic mass is 16.5. The molecule has 3 amide bonds. The lowest BCUT2D eigenvalue weighted by Gasteiger charge is -2.19. The minimum atomic E-state index is -1.28. The van der Waals surface area contributed by atoms with Gasteiger partial charge in [-0.15, -0.1) is 0 Å². The Labute approximate surface area is 156 Å². The number of hydrogen-bond donors (Lipinski definition) is 5. The predicted octanol–water partition coefficient (Wildman–Crippen LogP) is -0.838. The number of rotatable bonds is 4. The zero-order chi connectivity index (χ0) is 19.8. The topological polar surface area (TPSA) is 128 Å². The molecular weight excluding hydrogens is 350 g/mol.